The van der Waals surface area contributed by atoms with Crippen LogP contribution in [0.1, 0.15) is 0 Å². The van der Waals surface area contributed by atoms with Crippen molar-refractivity contribution >= 4 is 54.3 Å². The van der Waals surface area contributed by atoms with Crippen LogP contribution in [0.2, 0.25) is 0 Å². The molecule has 1 heteroatoms. The quantitative estimate of drug-likeness (QED) is 0.178. The Morgan fingerprint density at radius 3 is 1.55 bits per heavy atom. The smallest absolute Gasteiger partial charge is 0.136 e. The molecule has 0 aliphatic carbocycles. The lowest BCUT2D eigenvalue weighted by Gasteiger charge is -2.19. The number of hydrogen-bond acceptors (Lipinski definition) is 1. The van der Waals surface area contributed by atoms with Crippen molar-refractivity contribution in [2.75, 3.05) is 0 Å². The van der Waals surface area contributed by atoms with Gasteiger partial charge in [0, 0.05) is 10.8 Å². The predicted octanol–water partition coefficient (Wildman–Crippen LogP) is 13.7. The molecular formula is C48H30O. The fourth-order valence-electron chi connectivity index (χ4n) is 7.80. The molecule has 10 aromatic rings. The zero-order valence-electron chi connectivity index (χ0n) is 26.7. The first kappa shape index (κ1) is 27.7. The van der Waals surface area contributed by atoms with Crippen molar-refractivity contribution in [1.82, 2.24) is 0 Å². The normalized spacial score (nSPS) is 11.7. The minimum absolute atomic E-state index is 0.912. The van der Waals surface area contributed by atoms with Crippen LogP contribution in [0.4, 0.5) is 0 Å². The first-order valence-electron chi connectivity index (χ1n) is 16.8. The van der Waals surface area contributed by atoms with Crippen LogP contribution in [0.3, 0.4) is 0 Å². The van der Waals surface area contributed by atoms with Gasteiger partial charge in [-0.25, -0.2) is 0 Å². The average molecular weight is 623 g/mol. The van der Waals surface area contributed by atoms with Gasteiger partial charge < -0.3 is 4.42 Å². The minimum Gasteiger partial charge on any atom is -0.456 e. The zero-order chi connectivity index (χ0) is 32.3. The van der Waals surface area contributed by atoms with Gasteiger partial charge in [0.15, 0.2) is 0 Å². The third kappa shape index (κ3) is 4.47. The van der Waals surface area contributed by atoms with E-state index in [1.807, 2.05) is 12.1 Å². The van der Waals surface area contributed by atoms with E-state index in [9.17, 15) is 0 Å². The maximum atomic E-state index is 6.35. The Bertz CT molecular complexity index is 2820. The Labute approximate surface area is 284 Å². The summed E-state index contributed by atoms with van der Waals surface area (Å²) >= 11 is 0. The van der Waals surface area contributed by atoms with Crippen molar-refractivity contribution in [2.45, 2.75) is 0 Å². The molecule has 0 amide bonds. The molecule has 0 aliphatic heterocycles. The molecule has 0 N–H and O–H groups in total. The summed E-state index contributed by atoms with van der Waals surface area (Å²) in [5.41, 5.74) is 11.6. The summed E-state index contributed by atoms with van der Waals surface area (Å²) in [7, 11) is 0. The largest absolute Gasteiger partial charge is 0.456 e. The molecule has 0 bridgehead atoms. The Hall–Kier alpha value is -6.44. The average Bonchev–Trinajstić information content (AvgIpc) is 3.55. The number of hydrogen-bond donors (Lipinski definition) is 0. The van der Waals surface area contributed by atoms with Gasteiger partial charge in [-0.15, -0.1) is 0 Å². The van der Waals surface area contributed by atoms with Crippen LogP contribution in [0.5, 0.6) is 0 Å². The molecule has 0 spiro atoms. The number of furan rings is 1. The monoisotopic (exact) mass is 622 g/mol. The highest BCUT2D eigenvalue weighted by Gasteiger charge is 2.19. The summed E-state index contributed by atoms with van der Waals surface area (Å²) in [6.45, 7) is 0. The van der Waals surface area contributed by atoms with Gasteiger partial charge in [-0.3, -0.25) is 0 Å². The van der Waals surface area contributed by atoms with Crippen LogP contribution in [-0.2, 0) is 0 Å². The van der Waals surface area contributed by atoms with Crippen molar-refractivity contribution in [3.63, 3.8) is 0 Å². The van der Waals surface area contributed by atoms with Crippen molar-refractivity contribution in [2.24, 2.45) is 0 Å². The SMILES string of the molecule is c1ccc(-c2cccc(-c3ccc4c(-c5c6ccccc6c(-c6ccc7c(c6)oc6ccccc67)c6ccccc56)cccc4c3)c2)cc1. The molecule has 0 aliphatic rings. The third-order valence-electron chi connectivity index (χ3n) is 10.1. The van der Waals surface area contributed by atoms with Gasteiger partial charge >= 0.3 is 0 Å². The Morgan fingerprint density at radius 2 is 0.796 bits per heavy atom. The van der Waals surface area contributed by atoms with Gasteiger partial charge in [-0.2, -0.15) is 0 Å². The molecule has 0 radical (unpaired) electrons. The summed E-state index contributed by atoms with van der Waals surface area (Å²) in [6.07, 6.45) is 0. The second kappa shape index (κ2) is 11.1. The molecule has 0 unspecified atom stereocenters. The first-order chi connectivity index (χ1) is 24.3. The maximum Gasteiger partial charge on any atom is 0.136 e. The lowest BCUT2D eigenvalue weighted by atomic mass is 9.84. The van der Waals surface area contributed by atoms with Crippen molar-refractivity contribution < 1.29 is 4.42 Å². The van der Waals surface area contributed by atoms with Gasteiger partial charge in [-0.05, 0) is 107 Å². The van der Waals surface area contributed by atoms with Crippen LogP contribution >= 0.6 is 0 Å². The van der Waals surface area contributed by atoms with Crippen molar-refractivity contribution in [3.8, 4) is 44.5 Å². The van der Waals surface area contributed by atoms with E-state index in [1.165, 1.54) is 71.3 Å². The first-order valence-corrected chi connectivity index (χ1v) is 16.8. The van der Waals surface area contributed by atoms with Crippen LogP contribution in [0, 0.1) is 0 Å². The molecule has 10 rings (SSSR count). The van der Waals surface area contributed by atoms with E-state index in [1.54, 1.807) is 0 Å². The lowest BCUT2D eigenvalue weighted by molar-refractivity contribution is 0.669. The standard InChI is InChI=1S/C48H30O/c1-2-12-31(13-3-1)32-14-10-15-33(28-32)34-24-26-37-35(29-34)16-11-22-40(37)48-43-20-6-4-18-41(43)47(42-19-5-7-21-44(42)48)36-25-27-39-38-17-8-9-23-45(38)49-46(39)30-36/h1-30H. The topological polar surface area (TPSA) is 13.1 Å². The van der Waals surface area contributed by atoms with Gasteiger partial charge in [0.25, 0.3) is 0 Å². The number of para-hydroxylation sites is 1. The molecule has 1 aromatic heterocycles. The van der Waals surface area contributed by atoms with Gasteiger partial charge in [0.2, 0.25) is 0 Å². The van der Waals surface area contributed by atoms with E-state index >= 15 is 0 Å². The van der Waals surface area contributed by atoms with E-state index in [4.69, 9.17) is 4.42 Å². The summed E-state index contributed by atoms with van der Waals surface area (Å²) in [4.78, 5) is 0. The van der Waals surface area contributed by atoms with Crippen LogP contribution in [-0.4, -0.2) is 0 Å². The van der Waals surface area contributed by atoms with E-state index < -0.39 is 0 Å². The van der Waals surface area contributed by atoms with E-state index in [0.717, 1.165) is 27.5 Å². The van der Waals surface area contributed by atoms with Crippen LogP contribution in [0.25, 0.3) is 98.8 Å². The maximum absolute atomic E-state index is 6.35. The Balaban J connectivity index is 1.17. The Kier molecular flexibility index (Phi) is 6.25. The van der Waals surface area contributed by atoms with Crippen molar-refractivity contribution in [3.05, 3.63) is 182 Å². The zero-order valence-corrected chi connectivity index (χ0v) is 26.7. The molecule has 9 aromatic carbocycles. The second-order valence-corrected chi connectivity index (χ2v) is 12.8. The highest BCUT2D eigenvalue weighted by Crippen LogP contribution is 2.46. The number of fused-ring (bicyclic) bond motifs is 6. The number of benzene rings is 9. The molecule has 228 valence electrons. The highest BCUT2D eigenvalue weighted by molar-refractivity contribution is 6.24. The third-order valence-corrected chi connectivity index (χ3v) is 10.1. The predicted molar refractivity (Wildman–Crippen MR) is 208 cm³/mol. The van der Waals surface area contributed by atoms with Gasteiger partial charge in [-0.1, -0.05) is 152 Å². The van der Waals surface area contributed by atoms with Crippen LogP contribution < -0.4 is 0 Å². The molecule has 0 saturated heterocycles. The van der Waals surface area contributed by atoms with Gasteiger partial charge in [0.1, 0.15) is 11.2 Å². The molecule has 1 heterocycles. The summed E-state index contributed by atoms with van der Waals surface area (Å²) in [5.74, 6) is 0. The molecule has 0 fully saturated rings. The van der Waals surface area contributed by atoms with Crippen molar-refractivity contribution in [1.29, 1.82) is 0 Å². The van der Waals surface area contributed by atoms with Crippen LogP contribution in [0.15, 0.2) is 186 Å². The summed E-state index contributed by atoms with van der Waals surface area (Å²) in [6, 6.07) is 65.8. The molecule has 0 saturated carbocycles. The molecule has 1 nitrogen and oxygen atoms in total. The number of rotatable bonds is 4. The fraction of sp³-hybridized carbons (Fsp3) is 0. The summed E-state index contributed by atoms with van der Waals surface area (Å²) < 4.78 is 6.35. The molecule has 0 atom stereocenters. The fourth-order valence-corrected chi connectivity index (χ4v) is 7.80. The molecular weight excluding hydrogens is 593 g/mol. The highest BCUT2D eigenvalue weighted by atomic mass is 16.3. The summed E-state index contributed by atoms with van der Waals surface area (Å²) in [5, 5.41) is 9.73. The molecule has 49 heavy (non-hydrogen) atoms. The van der Waals surface area contributed by atoms with E-state index in [-0.39, 0.29) is 0 Å². The second-order valence-electron chi connectivity index (χ2n) is 12.8. The lowest BCUT2D eigenvalue weighted by Crippen LogP contribution is -1.91. The van der Waals surface area contributed by atoms with E-state index in [2.05, 4.69) is 170 Å². The minimum atomic E-state index is 0.912. The van der Waals surface area contributed by atoms with E-state index in [0.29, 0.717) is 0 Å². The van der Waals surface area contributed by atoms with Gasteiger partial charge in [0.05, 0.1) is 0 Å². The Morgan fingerprint density at radius 1 is 0.265 bits per heavy atom.